The largest absolute Gasteiger partial charge is 0.504 e. The van der Waals surface area contributed by atoms with Crippen LogP contribution in [0.25, 0.3) is 11.0 Å². The monoisotopic (exact) mass is 361 g/mol. The van der Waals surface area contributed by atoms with E-state index in [9.17, 15) is 14.7 Å². The van der Waals surface area contributed by atoms with Crippen molar-refractivity contribution in [3.63, 3.8) is 0 Å². The number of aromatic hydroxyl groups is 1. The molecule has 1 aromatic heterocycles. The highest BCUT2D eigenvalue weighted by Crippen LogP contribution is 2.33. The number of carbonyl (C=O) groups is 1. The minimum Gasteiger partial charge on any atom is -0.504 e. The van der Waals surface area contributed by atoms with Crippen LogP contribution < -0.4 is 10.9 Å². The molecule has 2 N–H and O–H groups in total. The molecule has 2 aromatic rings. The maximum Gasteiger partial charge on any atom is 0.360 e. The van der Waals surface area contributed by atoms with E-state index in [1.54, 1.807) is 6.07 Å². The summed E-state index contributed by atoms with van der Waals surface area (Å²) in [7, 11) is 3.95. The van der Waals surface area contributed by atoms with Gasteiger partial charge in [-0.25, -0.2) is 4.79 Å². The van der Waals surface area contributed by atoms with E-state index in [4.69, 9.17) is 4.42 Å². The average molecular weight is 361 g/mol. The Morgan fingerprint density at radius 1 is 1.12 bits per heavy atom. The van der Waals surface area contributed by atoms with Gasteiger partial charge in [-0.3, -0.25) is 4.79 Å². The van der Waals surface area contributed by atoms with Crippen LogP contribution in [0.5, 0.6) is 5.75 Å². The number of nitrogens with one attached hydrogen (secondary N) is 1. The maximum atomic E-state index is 12.2. The van der Waals surface area contributed by atoms with E-state index in [1.807, 2.05) is 27.1 Å². The van der Waals surface area contributed by atoms with E-state index in [2.05, 4.69) is 22.0 Å². The molecule has 2 rings (SSSR count). The fourth-order valence-corrected chi connectivity index (χ4v) is 2.72. The van der Waals surface area contributed by atoms with E-state index in [1.165, 1.54) is 6.92 Å². The van der Waals surface area contributed by atoms with Gasteiger partial charge in [-0.2, -0.15) is 0 Å². The van der Waals surface area contributed by atoms with Crippen molar-refractivity contribution in [2.24, 2.45) is 0 Å². The lowest BCUT2D eigenvalue weighted by molar-refractivity contribution is -0.114. The van der Waals surface area contributed by atoms with Crippen molar-refractivity contribution in [2.75, 3.05) is 32.5 Å². The Morgan fingerprint density at radius 3 is 2.23 bits per heavy atom. The van der Waals surface area contributed by atoms with Gasteiger partial charge in [0.1, 0.15) is 5.69 Å². The first-order valence-electron chi connectivity index (χ1n) is 8.73. The third-order valence-electron chi connectivity index (χ3n) is 4.43. The van der Waals surface area contributed by atoms with Crippen molar-refractivity contribution < 1.29 is 14.3 Å². The second kappa shape index (κ2) is 8.33. The number of fused-ring (bicyclic) bond motifs is 1. The van der Waals surface area contributed by atoms with E-state index in [-0.39, 0.29) is 22.9 Å². The molecule has 0 spiro atoms. The summed E-state index contributed by atoms with van der Waals surface area (Å²) < 4.78 is 5.38. The molecule has 1 aromatic carbocycles. The summed E-state index contributed by atoms with van der Waals surface area (Å²) in [6.45, 7) is 8.26. The number of phenols is 1. The van der Waals surface area contributed by atoms with Crippen LogP contribution in [0.4, 0.5) is 5.69 Å². The summed E-state index contributed by atoms with van der Waals surface area (Å²) in [5.41, 5.74) is 1.18. The van der Waals surface area contributed by atoms with Gasteiger partial charge < -0.3 is 24.6 Å². The molecule has 1 heterocycles. The van der Waals surface area contributed by atoms with Crippen LogP contribution in [0.1, 0.15) is 31.9 Å². The molecule has 0 saturated carbocycles. The molecule has 0 aliphatic rings. The van der Waals surface area contributed by atoms with Gasteiger partial charge in [0.05, 0.1) is 0 Å². The zero-order chi connectivity index (χ0) is 19.4. The fraction of sp³-hybridized carbons (Fsp3) is 0.474. The maximum absolute atomic E-state index is 12.2. The van der Waals surface area contributed by atoms with E-state index >= 15 is 0 Å². The molecule has 0 saturated heterocycles. The normalized spacial score (nSPS) is 11.5. The number of hydrogen-bond acceptors (Lipinski definition) is 6. The van der Waals surface area contributed by atoms with Gasteiger partial charge >= 0.3 is 5.63 Å². The highest BCUT2D eigenvalue weighted by molar-refractivity contribution is 5.93. The van der Waals surface area contributed by atoms with Gasteiger partial charge in [-0.15, -0.1) is 0 Å². The van der Waals surface area contributed by atoms with E-state index in [0.29, 0.717) is 24.0 Å². The molecule has 0 fully saturated rings. The number of phenolic OH excluding ortho intramolecular Hbond substituents is 1. The molecular weight excluding hydrogens is 334 g/mol. The second-order valence-corrected chi connectivity index (χ2v) is 6.58. The Morgan fingerprint density at radius 2 is 1.69 bits per heavy atom. The Kier molecular flexibility index (Phi) is 6.39. The lowest BCUT2D eigenvalue weighted by Crippen LogP contribution is -2.20. The number of benzene rings is 1. The van der Waals surface area contributed by atoms with Crippen molar-refractivity contribution >= 4 is 22.6 Å². The zero-order valence-corrected chi connectivity index (χ0v) is 16.0. The van der Waals surface area contributed by atoms with Gasteiger partial charge in [0.15, 0.2) is 11.3 Å². The highest BCUT2D eigenvalue weighted by atomic mass is 16.4. The second-order valence-electron chi connectivity index (χ2n) is 6.58. The first-order chi connectivity index (χ1) is 12.3. The number of hydrogen-bond donors (Lipinski definition) is 2. The van der Waals surface area contributed by atoms with Crippen LogP contribution in [0.3, 0.4) is 0 Å². The van der Waals surface area contributed by atoms with Gasteiger partial charge in [0.2, 0.25) is 5.91 Å². The third kappa shape index (κ3) is 4.42. The van der Waals surface area contributed by atoms with Crippen LogP contribution in [-0.2, 0) is 17.9 Å². The molecule has 0 radical (unpaired) electrons. The fourth-order valence-electron chi connectivity index (χ4n) is 2.72. The van der Waals surface area contributed by atoms with Crippen LogP contribution in [0, 0.1) is 0 Å². The smallest absolute Gasteiger partial charge is 0.360 e. The summed E-state index contributed by atoms with van der Waals surface area (Å²) in [5, 5.41) is 13.8. The van der Waals surface area contributed by atoms with E-state index < -0.39 is 5.63 Å². The van der Waals surface area contributed by atoms with Crippen molar-refractivity contribution in [1.82, 2.24) is 9.80 Å². The van der Waals surface area contributed by atoms with Crippen LogP contribution in [0.15, 0.2) is 21.3 Å². The number of amides is 1. The molecule has 0 bridgehead atoms. The van der Waals surface area contributed by atoms with Crippen LogP contribution in [-0.4, -0.2) is 48.0 Å². The Balaban J connectivity index is 2.69. The molecule has 7 heteroatoms. The lowest BCUT2D eigenvalue weighted by Gasteiger charge is -2.20. The minimum atomic E-state index is -0.682. The summed E-state index contributed by atoms with van der Waals surface area (Å²) in [4.78, 5) is 27.7. The third-order valence-corrected chi connectivity index (χ3v) is 4.43. The quantitative estimate of drug-likeness (QED) is 0.737. The lowest BCUT2D eigenvalue weighted by atomic mass is 10.0. The number of rotatable bonds is 7. The number of anilines is 1. The molecule has 0 unspecified atom stereocenters. The predicted octanol–water partition coefficient (Wildman–Crippen LogP) is 2.36. The first kappa shape index (κ1) is 19.9. The molecule has 7 nitrogen and oxygen atoms in total. The first-order valence-corrected chi connectivity index (χ1v) is 8.73. The van der Waals surface area contributed by atoms with Crippen molar-refractivity contribution in [1.29, 1.82) is 0 Å². The summed E-state index contributed by atoms with van der Waals surface area (Å²) >= 11 is 0. The molecule has 142 valence electrons. The number of nitrogens with zero attached hydrogens (tertiary/aromatic N) is 2. The topological polar surface area (TPSA) is 86.0 Å². The highest BCUT2D eigenvalue weighted by Gasteiger charge is 2.18. The minimum absolute atomic E-state index is 0.0327. The standard InChI is InChI=1S/C19H27N3O4/c1-6-21(4)10-13-8-14(11-22(5)7-2)17(24)18-15(13)9-16(19(25)26-18)20-12(3)23/h8-9,24H,6-7,10-11H2,1-5H3,(H,20,23). The van der Waals surface area contributed by atoms with Gasteiger partial charge in [-0.1, -0.05) is 13.8 Å². The van der Waals surface area contributed by atoms with Crippen molar-refractivity contribution in [2.45, 2.75) is 33.9 Å². The van der Waals surface area contributed by atoms with E-state index in [0.717, 1.165) is 18.7 Å². The van der Waals surface area contributed by atoms with Crippen molar-refractivity contribution in [3.8, 4) is 5.75 Å². The predicted molar refractivity (Wildman–Crippen MR) is 102 cm³/mol. The Labute approximate surface area is 153 Å². The van der Waals surface area contributed by atoms with Gasteiger partial charge in [-0.05, 0) is 44.9 Å². The molecule has 1 amide bonds. The van der Waals surface area contributed by atoms with Crippen LogP contribution >= 0.6 is 0 Å². The van der Waals surface area contributed by atoms with Crippen LogP contribution in [0.2, 0.25) is 0 Å². The summed E-state index contributed by atoms with van der Waals surface area (Å²) in [6.07, 6.45) is 0. The zero-order valence-electron chi connectivity index (χ0n) is 16.0. The molecular formula is C19H27N3O4. The Hall–Kier alpha value is -2.38. The van der Waals surface area contributed by atoms with Gasteiger partial charge in [0.25, 0.3) is 0 Å². The van der Waals surface area contributed by atoms with Crippen molar-refractivity contribution in [3.05, 3.63) is 33.7 Å². The summed E-state index contributed by atoms with van der Waals surface area (Å²) in [6, 6.07) is 3.52. The average Bonchev–Trinajstić information content (AvgIpc) is 2.59. The summed E-state index contributed by atoms with van der Waals surface area (Å²) in [5.74, 6) is -0.385. The molecule has 0 atom stereocenters. The molecule has 0 aliphatic carbocycles. The molecule has 0 aliphatic heterocycles. The SMILES string of the molecule is CCN(C)Cc1cc(CN(C)CC)c2cc(NC(C)=O)c(=O)oc2c1O. The number of carbonyl (C=O) groups excluding carboxylic acids is 1. The van der Waals surface area contributed by atoms with Gasteiger partial charge in [0, 0.05) is 31.0 Å². The molecule has 26 heavy (non-hydrogen) atoms. The Bertz CT molecular complexity index is 860.